The molecule has 0 unspecified atom stereocenters. The minimum atomic E-state index is -0.865. The van der Waals surface area contributed by atoms with Gasteiger partial charge in [-0.1, -0.05) is 18.2 Å². The Kier molecular flexibility index (Phi) is 4.27. The van der Waals surface area contributed by atoms with Crippen LogP contribution in [0.5, 0.6) is 0 Å². The molecule has 4 nitrogen and oxygen atoms in total. The van der Waals surface area contributed by atoms with Gasteiger partial charge in [-0.2, -0.15) is 0 Å². The van der Waals surface area contributed by atoms with Gasteiger partial charge < -0.3 is 9.47 Å². The van der Waals surface area contributed by atoms with Crippen LogP contribution in [-0.4, -0.2) is 18.5 Å². The second kappa shape index (κ2) is 5.70. The minimum absolute atomic E-state index is 0.174. The molecule has 0 heterocycles. The van der Waals surface area contributed by atoms with Crippen LogP contribution in [0.1, 0.15) is 17.3 Å². The van der Waals surface area contributed by atoms with Gasteiger partial charge in [-0.25, -0.2) is 9.59 Å². The highest BCUT2D eigenvalue weighted by Gasteiger charge is 2.16. The van der Waals surface area contributed by atoms with Gasteiger partial charge in [0, 0.05) is 0 Å². The smallest absolute Gasteiger partial charge is 0.380 e. The van der Waals surface area contributed by atoms with E-state index in [1.165, 1.54) is 0 Å². The highest BCUT2D eigenvalue weighted by Crippen LogP contribution is 2.04. The monoisotopic (exact) mass is 220 g/mol. The summed E-state index contributed by atoms with van der Waals surface area (Å²) in [6.45, 7) is 5.35. The van der Waals surface area contributed by atoms with E-state index in [-0.39, 0.29) is 5.76 Å². The standard InChI is InChI=1S/C12H12O4/c1-3-15-9(2)11(13)16-12(14)10-7-5-4-6-8-10/h4-8H,2-3H2,1H3. The quantitative estimate of drug-likeness (QED) is 0.336. The third-order valence-electron chi connectivity index (χ3n) is 1.74. The summed E-state index contributed by atoms with van der Waals surface area (Å²) in [6.07, 6.45) is 0. The van der Waals surface area contributed by atoms with Crippen LogP contribution in [0, 0.1) is 0 Å². The van der Waals surface area contributed by atoms with E-state index in [9.17, 15) is 9.59 Å². The molecule has 1 rings (SSSR count). The molecule has 0 fully saturated rings. The van der Waals surface area contributed by atoms with Crippen LogP contribution in [0.3, 0.4) is 0 Å². The molecule has 0 radical (unpaired) electrons. The molecule has 0 spiro atoms. The fourth-order valence-corrected chi connectivity index (χ4v) is 1.01. The molecule has 0 aliphatic heterocycles. The van der Waals surface area contributed by atoms with Crippen molar-refractivity contribution in [3.05, 3.63) is 48.2 Å². The summed E-state index contributed by atoms with van der Waals surface area (Å²) >= 11 is 0. The molecular formula is C12H12O4. The van der Waals surface area contributed by atoms with Gasteiger partial charge in [-0.15, -0.1) is 0 Å². The second-order valence-electron chi connectivity index (χ2n) is 2.90. The molecule has 1 aromatic rings. The van der Waals surface area contributed by atoms with E-state index in [2.05, 4.69) is 11.3 Å². The molecular weight excluding hydrogens is 208 g/mol. The Hall–Kier alpha value is -2.10. The lowest BCUT2D eigenvalue weighted by Crippen LogP contribution is -2.15. The molecule has 0 saturated heterocycles. The summed E-state index contributed by atoms with van der Waals surface area (Å²) in [6, 6.07) is 8.23. The van der Waals surface area contributed by atoms with Crippen molar-refractivity contribution in [2.24, 2.45) is 0 Å². The normalized spacial score (nSPS) is 9.31. The molecule has 0 saturated carbocycles. The van der Waals surface area contributed by atoms with Crippen molar-refractivity contribution in [3.63, 3.8) is 0 Å². The molecule has 4 heteroatoms. The third-order valence-corrected chi connectivity index (χ3v) is 1.74. The maximum absolute atomic E-state index is 11.4. The van der Waals surface area contributed by atoms with Gasteiger partial charge in [0.15, 0.2) is 5.76 Å². The Morgan fingerprint density at radius 2 is 1.88 bits per heavy atom. The maximum Gasteiger partial charge on any atom is 0.380 e. The third kappa shape index (κ3) is 3.24. The summed E-state index contributed by atoms with van der Waals surface area (Å²) in [5.74, 6) is -1.76. The topological polar surface area (TPSA) is 52.6 Å². The van der Waals surface area contributed by atoms with Crippen molar-refractivity contribution < 1.29 is 19.1 Å². The number of ether oxygens (including phenoxy) is 2. The second-order valence-corrected chi connectivity index (χ2v) is 2.90. The largest absolute Gasteiger partial charge is 0.487 e. The van der Waals surface area contributed by atoms with Gasteiger partial charge in [-0.05, 0) is 25.6 Å². The fourth-order valence-electron chi connectivity index (χ4n) is 1.01. The van der Waals surface area contributed by atoms with Crippen LogP contribution in [0.4, 0.5) is 0 Å². The van der Waals surface area contributed by atoms with E-state index >= 15 is 0 Å². The van der Waals surface area contributed by atoms with Gasteiger partial charge in [0.05, 0.1) is 12.2 Å². The molecule has 0 aliphatic rings. The van der Waals surface area contributed by atoms with Crippen molar-refractivity contribution in [1.82, 2.24) is 0 Å². The Morgan fingerprint density at radius 1 is 1.25 bits per heavy atom. The average Bonchev–Trinajstić information content (AvgIpc) is 2.30. The molecule has 16 heavy (non-hydrogen) atoms. The first kappa shape index (κ1) is 12.0. The van der Waals surface area contributed by atoms with Gasteiger partial charge >= 0.3 is 11.9 Å². The van der Waals surface area contributed by atoms with Crippen LogP contribution in [0.2, 0.25) is 0 Å². The molecule has 0 aliphatic carbocycles. The molecule has 0 atom stereocenters. The van der Waals surface area contributed by atoms with Gasteiger partial charge in [0.1, 0.15) is 0 Å². The first-order valence-corrected chi connectivity index (χ1v) is 4.78. The zero-order valence-corrected chi connectivity index (χ0v) is 8.93. The summed E-state index contributed by atoms with van der Waals surface area (Å²) in [4.78, 5) is 22.7. The van der Waals surface area contributed by atoms with E-state index in [1.807, 2.05) is 0 Å². The summed E-state index contributed by atoms with van der Waals surface area (Å²) in [7, 11) is 0. The van der Waals surface area contributed by atoms with Crippen LogP contribution in [0.25, 0.3) is 0 Å². The lowest BCUT2D eigenvalue weighted by molar-refractivity contribution is -0.137. The Labute approximate surface area is 93.5 Å². The molecule has 84 valence electrons. The maximum atomic E-state index is 11.4. The SMILES string of the molecule is C=C(OCC)C(=O)OC(=O)c1ccccc1. The first-order chi connectivity index (χ1) is 7.65. The van der Waals surface area contributed by atoms with Gasteiger partial charge in [0.2, 0.25) is 0 Å². The van der Waals surface area contributed by atoms with Crippen LogP contribution in [0.15, 0.2) is 42.7 Å². The van der Waals surface area contributed by atoms with Gasteiger partial charge in [0.25, 0.3) is 0 Å². The number of carbonyl (C=O) groups is 2. The van der Waals surface area contributed by atoms with Crippen molar-refractivity contribution in [1.29, 1.82) is 0 Å². The lowest BCUT2D eigenvalue weighted by atomic mass is 10.2. The Morgan fingerprint density at radius 3 is 2.44 bits per heavy atom. The zero-order valence-electron chi connectivity index (χ0n) is 8.93. The predicted molar refractivity (Wildman–Crippen MR) is 57.6 cm³/mol. The molecule has 0 amide bonds. The van der Waals surface area contributed by atoms with E-state index < -0.39 is 11.9 Å². The fraction of sp³-hybridized carbons (Fsp3) is 0.167. The average molecular weight is 220 g/mol. The summed E-state index contributed by atoms with van der Waals surface area (Å²) in [5.41, 5.74) is 0.306. The summed E-state index contributed by atoms with van der Waals surface area (Å²) < 4.78 is 9.37. The van der Waals surface area contributed by atoms with Crippen molar-refractivity contribution >= 4 is 11.9 Å². The molecule has 0 bridgehead atoms. The van der Waals surface area contributed by atoms with Gasteiger partial charge in [-0.3, -0.25) is 0 Å². The summed E-state index contributed by atoms with van der Waals surface area (Å²) in [5, 5.41) is 0. The Balaban J connectivity index is 2.59. The van der Waals surface area contributed by atoms with Crippen molar-refractivity contribution in [2.75, 3.05) is 6.61 Å². The van der Waals surface area contributed by atoms with Crippen LogP contribution in [-0.2, 0) is 14.3 Å². The number of hydrogen-bond acceptors (Lipinski definition) is 4. The predicted octanol–water partition coefficient (Wildman–Crippen LogP) is 1.92. The Bertz CT molecular complexity index is 395. The van der Waals surface area contributed by atoms with E-state index in [1.54, 1.807) is 37.3 Å². The van der Waals surface area contributed by atoms with Crippen LogP contribution < -0.4 is 0 Å². The number of benzene rings is 1. The minimum Gasteiger partial charge on any atom is -0.487 e. The number of rotatable bonds is 4. The molecule has 1 aromatic carbocycles. The number of carbonyl (C=O) groups excluding carboxylic acids is 2. The van der Waals surface area contributed by atoms with Crippen molar-refractivity contribution in [2.45, 2.75) is 6.92 Å². The highest BCUT2D eigenvalue weighted by molar-refractivity contribution is 6.01. The lowest BCUT2D eigenvalue weighted by Gasteiger charge is -2.05. The van der Waals surface area contributed by atoms with E-state index in [0.29, 0.717) is 12.2 Å². The molecule has 0 N–H and O–H groups in total. The zero-order chi connectivity index (χ0) is 12.0. The highest BCUT2D eigenvalue weighted by atomic mass is 16.6. The number of hydrogen-bond donors (Lipinski definition) is 0. The first-order valence-electron chi connectivity index (χ1n) is 4.78. The van der Waals surface area contributed by atoms with E-state index in [0.717, 1.165) is 0 Å². The van der Waals surface area contributed by atoms with Crippen molar-refractivity contribution in [3.8, 4) is 0 Å². The van der Waals surface area contributed by atoms with E-state index in [4.69, 9.17) is 4.74 Å². The number of esters is 2. The molecule has 0 aromatic heterocycles. The van der Waals surface area contributed by atoms with Crippen LogP contribution >= 0.6 is 0 Å².